The predicted molar refractivity (Wildman–Crippen MR) is 140 cm³/mol. The smallest absolute Gasteiger partial charge is 0.269 e. The Labute approximate surface area is 210 Å². The molecule has 0 unspecified atom stereocenters. The fourth-order valence-electron chi connectivity index (χ4n) is 4.46. The highest BCUT2D eigenvalue weighted by Gasteiger charge is 2.21. The van der Waals surface area contributed by atoms with Crippen molar-refractivity contribution in [1.29, 1.82) is 0 Å². The van der Waals surface area contributed by atoms with E-state index in [2.05, 4.69) is 60.1 Å². The second-order valence-corrected chi connectivity index (χ2v) is 9.27. The summed E-state index contributed by atoms with van der Waals surface area (Å²) in [6.45, 7) is 11.1. The van der Waals surface area contributed by atoms with Crippen molar-refractivity contribution in [3.05, 3.63) is 60.0 Å². The van der Waals surface area contributed by atoms with E-state index in [4.69, 9.17) is 11.3 Å². The Hall–Kier alpha value is -4.23. The van der Waals surface area contributed by atoms with Crippen LogP contribution in [0.25, 0.3) is 16.0 Å². The third kappa shape index (κ3) is 4.78. The van der Waals surface area contributed by atoms with Gasteiger partial charge in [0.05, 0.1) is 23.9 Å². The van der Waals surface area contributed by atoms with Gasteiger partial charge in [0.1, 0.15) is 11.3 Å². The minimum Gasteiger partial charge on any atom is -0.435 e. The van der Waals surface area contributed by atoms with E-state index < -0.39 is 0 Å². The van der Waals surface area contributed by atoms with Crippen molar-refractivity contribution in [3.63, 3.8) is 0 Å². The molecule has 5 heterocycles. The Morgan fingerprint density at radius 1 is 1.11 bits per heavy atom. The normalized spacial score (nSPS) is 14.3. The minimum atomic E-state index is 0.328. The highest BCUT2D eigenvalue weighted by Crippen LogP contribution is 2.32. The fourth-order valence-corrected chi connectivity index (χ4v) is 4.46. The van der Waals surface area contributed by atoms with Gasteiger partial charge in [-0.15, -0.1) is 4.98 Å². The third-order valence-electron chi connectivity index (χ3n) is 6.59. The molecule has 1 aliphatic heterocycles. The van der Waals surface area contributed by atoms with Crippen LogP contribution in [0.1, 0.15) is 18.4 Å². The number of pyridine rings is 3. The van der Waals surface area contributed by atoms with E-state index in [1.165, 1.54) is 0 Å². The number of fused-ring (bicyclic) bond motifs is 1. The van der Waals surface area contributed by atoms with Crippen molar-refractivity contribution in [2.75, 3.05) is 37.4 Å². The molecule has 0 atom stereocenters. The highest BCUT2D eigenvalue weighted by molar-refractivity contribution is 5.88. The summed E-state index contributed by atoms with van der Waals surface area (Å²) in [5.74, 6) is 1.98. The maximum Gasteiger partial charge on any atom is 0.269 e. The first-order chi connectivity index (χ1) is 17.4. The molecule has 36 heavy (non-hydrogen) atoms. The molecule has 184 valence electrons. The third-order valence-corrected chi connectivity index (χ3v) is 6.59. The number of aromatic nitrogens is 5. The number of ether oxygens (including phenoxy) is 1. The molecule has 0 aliphatic carbocycles. The van der Waals surface area contributed by atoms with Gasteiger partial charge in [-0.2, -0.15) is 4.98 Å². The number of nitrogens with zero attached hydrogens (tertiary/aromatic N) is 8. The lowest BCUT2D eigenvalue weighted by Crippen LogP contribution is -2.42. The highest BCUT2D eigenvalue weighted by atomic mass is 16.5. The Balaban J connectivity index is 1.37. The van der Waals surface area contributed by atoms with Crippen molar-refractivity contribution in [2.45, 2.75) is 25.8 Å². The number of imidazole rings is 1. The summed E-state index contributed by atoms with van der Waals surface area (Å²) in [6, 6.07) is 8.23. The van der Waals surface area contributed by atoms with Crippen molar-refractivity contribution >= 4 is 34.2 Å². The molecule has 1 fully saturated rings. The van der Waals surface area contributed by atoms with E-state index in [1.54, 1.807) is 24.7 Å². The van der Waals surface area contributed by atoms with Crippen LogP contribution in [0.3, 0.4) is 0 Å². The van der Waals surface area contributed by atoms with Crippen molar-refractivity contribution in [1.82, 2.24) is 29.4 Å². The molecule has 10 nitrogen and oxygen atoms in total. The van der Waals surface area contributed by atoms with Crippen LogP contribution in [-0.2, 0) is 7.05 Å². The maximum atomic E-state index is 7.14. The van der Waals surface area contributed by atoms with E-state index >= 15 is 0 Å². The molecule has 0 saturated carbocycles. The number of hydrogen-bond donors (Lipinski definition) is 1. The number of nitrogens with one attached hydrogen (secondary N) is 1. The fraction of sp³-hybridized carbons (Fsp3) is 0.346. The van der Waals surface area contributed by atoms with E-state index in [-0.39, 0.29) is 0 Å². The Morgan fingerprint density at radius 3 is 2.58 bits per heavy atom. The Morgan fingerprint density at radius 2 is 1.92 bits per heavy atom. The Bertz CT molecular complexity index is 1410. The molecular formula is C26H29N9O. The summed E-state index contributed by atoms with van der Waals surface area (Å²) < 4.78 is 7.90. The molecule has 4 aromatic heterocycles. The monoisotopic (exact) mass is 483 g/mol. The zero-order chi connectivity index (χ0) is 25.2. The van der Waals surface area contributed by atoms with E-state index in [1.807, 2.05) is 30.8 Å². The van der Waals surface area contributed by atoms with Crippen LogP contribution in [0, 0.1) is 13.5 Å². The van der Waals surface area contributed by atoms with Gasteiger partial charge in [-0.1, -0.05) is 6.57 Å². The summed E-state index contributed by atoms with van der Waals surface area (Å²) in [4.78, 5) is 26.0. The van der Waals surface area contributed by atoms with Crippen LogP contribution in [0.2, 0.25) is 0 Å². The second kappa shape index (κ2) is 9.79. The lowest BCUT2D eigenvalue weighted by Gasteiger charge is -2.36. The van der Waals surface area contributed by atoms with E-state index in [9.17, 15) is 0 Å². The van der Waals surface area contributed by atoms with Crippen LogP contribution < -0.4 is 15.0 Å². The zero-order valence-electron chi connectivity index (χ0n) is 20.9. The molecule has 1 N–H and O–H groups in total. The van der Waals surface area contributed by atoms with Crippen LogP contribution >= 0.6 is 0 Å². The van der Waals surface area contributed by atoms with Crippen LogP contribution in [0.4, 0.5) is 23.0 Å². The average molecular weight is 484 g/mol. The Kier molecular flexibility index (Phi) is 6.40. The van der Waals surface area contributed by atoms with Gasteiger partial charge in [0.2, 0.25) is 5.88 Å². The van der Waals surface area contributed by atoms with Crippen LogP contribution in [0.15, 0.2) is 43.0 Å². The van der Waals surface area contributed by atoms with Gasteiger partial charge in [0.25, 0.3) is 5.82 Å². The molecule has 0 bridgehead atoms. The first-order valence-corrected chi connectivity index (χ1v) is 11.9. The summed E-state index contributed by atoms with van der Waals surface area (Å²) in [6.07, 6.45) is 7.49. The molecule has 0 aromatic carbocycles. The number of rotatable bonds is 6. The van der Waals surface area contributed by atoms with Crippen LogP contribution in [0.5, 0.6) is 11.6 Å². The van der Waals surface area contributed by atoms with Crippen molar-refractivity contribution in [2.24, 2.45) is 7.05 Å². The first-order valence-electron chi connectivity index (χ1n) is 11.9. The van der Waals surface area contributed by atoms with Gasteiger partial charge in [-0.25, -0.2) is 9.97 Å². The minimum absolute atomic E-state index is 0.328. The molecule has 10 heteroatoms. The standard InChI is InChI=1S/C26H29N9O/c1-17-12-23(27-2)29-15-21(17)36-24-13-20(25-26(32-24)34(5)16-30-25)31-22-7-6-19(14-28-22)35-10-8-18(9-11-35)33(3)4/h6-7,12-16,18H,8-11H2,1,3-5H3,(H,28,31,32). The summed E-state index contributed by atoms with van der Waals surface area (Å²) in [5, 5.41) is 3.38. The second-order valence-electron chi connectivity index (χ2n) is 9.27. The van der Waals surface area contributed by atoms with E-state index in [0.29, 0.717) is 35.0 Å². The van der Waals surface area contributed by atoms with E-state index in [0.717, 1.165) is 48.4 Å². The molecule has 0 spiro atoms. The SMILES string of the molecule is [C-]#[N+]c1cc(C)c(Oc2cc(Nc3ccc(N4CCC(N(C)C)CC4)cn3)c3ncn(C)c3n2)cn1. The van der Waals surface area contributed by atoms with Crippen molar-refractivity contribution < 1.29 is 4.74 Å². The lowest BCUT2D eigenvalue weighted by atomic mass is 10.0. The van der Waals surface area contributed by atoms with Crippen molar-refractivity contribution in [3.8, 4) is 11.6 Å². The molecule has 4 aromatic rings. The molecule has 5 rings (SSSR count). The number of aryl methyl sites for hydroxylation is 2. The number of anilines is 3. The van der Waals surface area contributed by atoms with Gasteiger partial charge in [-0.05, 0) is 57.6 Å². The molecule has 1 aliphatic rings. The van der Waals surface area contributed by atoms with Gasteiger partial charge < -0.3 is 29.3 Å². The van der Waals surface area contributed by atoms with Crippen LogP contribution in [-0.4, -0.2) is 62.6 Å². The van der Waals surface area contributed by atoms with Gasteiger partial charge in [0, 0.05) is 32.2 Å². The summed E-state index contributed by atoms with van der Waals surface area (Å²) in [5.41, 5.74) is 4.08. The van der Waals surface area contributed by atoms with Gasteiger partial charge >= 0.3 is 0 Å². The summed E-state index contributed by atoms with van der Waals surface area (Å²) >= 11 is 0. The molecule has 0 radical (unpaired) electrons. The lowest BCUT2D eigenvalue weighted by molar-refractivity contribution is 0.249. The number of piperidine rings is 1. The molecule has 0 amide bonds. The molecule has 1 saturated heterocycles. The quantitative estimate of drug-likeness (QED) is 0.396. The van der Waals surface area contributed by atoms with Gasteiger partial charge in [0.15, 0.2) is 17.6 Å². The zero-order valence-corrected chi connectivity index (χ0v) is 20.9. The maximum absolute atomic E-state index is 7.14. The topological polar surface area (TPSA) is 88.6 Å². The summed E-state index contributed by atoms with van der Waals surface area (Å²) in [7, 11) is 6.19. The average Bonchev–Trinajstić information content (AvgIpc) is 3.26. The predicted octanol–water partition coefficient (Wildman–Crippen LogP) is 4.68. The van der Waals surface area contributed by atoms with Gasteiger partial charge in [-0.3, -0.25) is 0 Å². The number of hydrogen-bond acceptors (Lipinski definition) is 8. The largest absolute Gasteiger partial charge is 0.435 e. The molecular weight excluding hydrogens is 454 g/mol. The first kappa shape index (κ1) is 23.5.